The van der Waals surface area contributed by atoms with Crippen LogP contribution in [0.5, 0.6) is 0 Å². The van der Waals surface area contributed by atoms with Crippen LogP contribution in [0.3, 0.4) is 0 Å². The van der Waals surface area contributed by atoms with E-state index in [0.717, 1.165) is 29.1 Å². The number of hydrogen-bond acceptors (Lipinski definition) is 2. The average molecular weight is 206 g/mol. The molecule has 15 heavy (non-hydrogen) atoms. The van der Waals surface area contributed by atoms with Crippen LogP contribution in [-0.4, -0.2) is 15.6 Å². The van der Waals surface area contributed by atoms with E-state index in [-0.39, 0.29) is 5.78 Å². The summed E-state index contributed by atoms with van der Waals surface area (Å²) in [5.41, 5.74) is 4.22. The molecule has 0 aliphatic carbocycles. The fourth-order valence-electron chi connectivity index (χ4n) is 1.95. The van der Waals surface area contributed by atoms with Crippen LogP contribution in [-0.2, 0) is 11.3 Å². The van der Waals surface area contributed by atoms with E-state index in [2.05, 4.69) is 12.0 Å². The lowest BCUT2D eigenvalue weighted by Gasteiger charge is -2.02. The highest BCUT2D eigenvalue weighted by atomic mass is 16.1. The van der Waals surface area contributed by atoms with Gasteiger partial charge in [-0.25, -0.2) is 0 Å². The normalized spacial score (nSPS) is 11.9. The molecule has 0 saturated heterocycles. The third-order valence-electron chi connectivity index (χ3n) is 2.50. The van der Waals surface area contributed by atoms with Crippen molar-refractivity contribution in [3.05, 3.63) is 23.0 Å². The van der Waals surface area contributed by atoms with Gasteiger partial charge in [0.2, 0.25) is 0 Å². The molecule has 0 N–H and O–H groups in total. The first-order valence-corrected chi connectivity index (χ1v) is 5.20. The Bertz CT molecular complexity index is 414. The second-order valence-corrected chi connectivity index (χ2v) is 3.80. The van der Waals surface area contributed by atoms with Gasteiger partial charge in [0.1, 0.15) is 0 Å². The summed E-state index contributed by atoms with van der Waals surface area (Å²) in [6.07, 6.45) is 1.66. The van der Waals surface area contributed by atoms with Crippen molar-refractivity contribution in [2.75, 3.05) is 0 Å². The second-order valence-electron chi connectivity index (χ2n) is 3.80. The lowest BCUT2D eigenvalue weighted by Crippen LogP contribution is -1.99. The first-order valence-electron chi connectivity index (χ1n) is 5.20. The molecule has 3 nitrogen and oxygen atoms in total. The average Bonchev–Trinajstić information content (AvgIpc) is 2.40. The summed E-state index contributed by atoms with van der Waals surface area (Å²) in [7, 11) is 0. The number of hydrogen-bond donors (Lipinski definition) is 0. The third kappa shape index (κ3) is 2.35. The number of aromatic nitrogens is 2. The van der Waals surface area contributed by atoms with Gasteiger partial charge >= 0.3 is 0 Å². The lowest BCUT2D eigenvalue weighted by molar-refractivity contribution is -0.112. The van der Waals surface area contributed by atoms with Crippen molar-refractivity contribution in [1.82, 2.24) is 9.78 Å². The van der Waals surface area contributed by atoms with Crippen molar-refractivity contribution in [3.63, 3.8) is 0 Å². The van der Waals surface area contributed by atoms with Crippen LogP contribution in [0.1, 0.15) is 37.7 Å². The molecule has 0 aliphatic rings. The molecule has 0 radical (unpaired) electrons. The number of nitrogens with zero attached hydrogens (tertiary/aromatic N) is 2. The van der Waals surface area contributed by atoms with E-state index in [4.69, 9.17) is 0 Å². The van der Waals surface area contributed by atoms with Gasteiger partial charge in [0.05, 0.1) is 5.69 Å². The van der Waals surface area contributed by atoms with E-state index in [0.29, 0.717) is 0 Å². The van der Waals surface area contributed by atoms with Gasteiger partial charge in [-0.1, -0.05) is 0 Å². The zero-order chi connectivity index (χ0) is 11.6. The molecule has 0 unspecified atom stereocenters. The topological polar surface area (TPSA) is 34.9 Å². The molecule has 0 spiro atoms. The van der Waals surface area contributed by atoms with Crippen LogP contribution in [0.15, 0.2) is 6.08 Å². The fraction of sp³-hybridized carbons (Fsp3) is 0.500. The van der Waals surface area contributed by atoms with Gasteiger partial charge in [0.25, 0.3) is 0 Å². The first kappa shape index (κ1) is 11.7. The maximum Gasteiger partial charge on any atom is 0.152 e. The minimum atomic E-state index is 0.0792. The molecule has 1 aromatic heterocycles. The molecule has 3 heteroatoms. The molecule has 1 rings (SSSR count). The van der Waals surface area contributed by atoms with E-state index >= 15 is 0 Å². The zero-order valence-electron chi connectivity index (χ0n) is 10.1. The Hall–Kier alpha value is -1.38. The summed E-state index contributed by atoms with van der Waals surface area (Å²) in [6.45, 7) is 10.5. The Kier molecular flexibility index (Phi) is 3.45. The second kappa shape index (κ2) is 4.43. The van der Waals surface area contributed by atoms with E-state index < -0.39 is 0 Å². The standard InChI is InChI=1S/C12H18N2O/c1-6-14-11(5)12(10(4)13-14)8(2)7-9(3)15/h7H,6H2,1-5H3. The number of aryl methyl sites for hydroxylation is 2. The molecule has 0 saturated carbocycles. The number of rotatable bonds is 3. The highest BCUT2D eigenvalue weighted by molar-refractivity contribution is 5.95. The predicted molar refractivity (Wildman–Crippen MR) is 61.7 cm³/mol. The minimum absolute atomic E-state index is 0.0792. The first-order chi connectivity index (χ1) is 6.97. The minimum Gasteiger partial charge on any atom is -0.295 e. The van der Waals surface area contributed by atoms with Gasteiger partial charge in [-0.2, -0.15) is 5.10 Å². The van der Waals surface area contributed by atoms with Crippen LogP contribution in [0.25, 0.3) is 5.57 Å². The molecule has 0 aromatic carbocycles. The maximum absolute atomic E-state index is 11.0. The fourth-order valence-corrected chi connectivity index (χ4v) is 1.95. The monoisotopic (exact) mass is 206 g/mol. The molecule has 1 heterocycles. The van der Waals surface area contributed by atoms with Gasteiger partial charge in [-0.3, -0.25) is 9.48 Å². The summed E-state index contributed by atoms with van der Waals surface area (Å²) in [5.74, 6) is 0.0792. The van der Waals surface area contributed by atoms with E-state index in [1.807, 2.05) is 25.5 Å². The van der Waals surface area contributed by atoms with Crippen molar-refractivity contribution >= 4 is 11.4 Å². The Balaban J connectivity index is 3.25. The number of carbonyl (C=O) groups excluding carboxylic acids is 1. The Morgan fingerprint density at radius 2 is 2.00 bits per heavy atom. The van der Waals surface area contributed by atoms with Gasteiger partial charge in [-0.15, -0.1) is 0 Å². The third-order valence-corrected chi connectivity index (χ3v) is 2.50. The SMILES string of the molecule is CCn1nc(C)c(C(C)=CC(C)=O)c1C. The Labute approximate surface area is 90.8 Å². The molecular formula is C12H18N2O. The smallest absolute Gasteiger partial charge is 0.152 e. The molecule has 0 aliphatic heterocycles. The van der Waals surface area contributed by atoms with Gasteiger partial charge < -0.3 is 0 Å². The maximum atomic E-state index is 11.0. The number of allylic oxidation sites excluding steroid dienone is 2. The van der Waals surface area contributed by atoms with Crippen LogP contribution < -0.4 is 0 Å². The Morgan fingerprint density at radius 3 is 2.40 bits per heavy atom. The summed E-state index contributed by atoms with van der Waals surface area (Å²) < 4.78 is 1.96. The van der Waals surface area contributed by atoms with Crippen molar-refractivity contribution in [2.45, 2.75) is 41.2 Å². The van der Waals surface area contributed by atoms with Crippen molar-refractivity contribution in [2.24, 2.45) is 0 Å². The summed E-state index contributed by atoms with van der Waals surface area (Å²) in [6, 6.07) is 0. The van der Waals surface area contributed by atoms with Crippen LogP contribution in [0.4, 0.5) is 0 Å². The molecule has 0 atom stereocenters. The summed E-state index contributed by atoms with van der Waals surface area (Å²) >= 11 is 0. The van der Waals surface area contributed by atoms with Gasteiger partial charge in [0.15, 0.2) is 5.78 Å². The molecule has 0 bridgehead atoms. The molecule has 0 fully saturated rings. The van der Waals surface area contributed by atoms with E-state index in [9.17, 15) is 4.79 Å². The number of ketones is 1. The molecule has 0 amide bonds. The van der Waals surface area contributed by atoms with Crippen molar-refractivity contribution in [1.29, 1.82) is 0 Å². The molecular weight excluding hydrogens is 188 g/mol. The van der Waals surface area contributed by atoms with Gasteiger partial charge in [-0.05, 0) is 46.3 Å². The van der Waals surface area contributed by atoms with E-state index in [1.54, 1.807) is 13.0 Å². The predicted octanol–water partition coefficient (Wildman–Crippen LogP) is 2.51. The number of carbonyl (C=O) groups is 1. The van der Waals surface area contributed by atoms with Crippen molar-refractivity contribution in [3.8, 4) is 0 Å². The zero-order valence-corrected chi connectivity index (χ0v) is 10.1. The molecule has 1 aromatic rings. The quantitative estimate of drug-likeness (QED) is 0.712. The van der Waals surface area contributed by atoms with E-state index in [1.165, 1.54) is 0 Å². The van der Waals surface area contributed by atoms with Crippen LogP contribution in [0, 0.1) is 13.8 Å². The highest BCUT2D eigenvalue weighted by Crippen LogP contribution is 2.22. The summed E-state index contributed by atoms with van der Waals surface area (Å²) in [5, 5.41) is 4.42. The Morgan fingerprint density at radius 1 is 1.40 bits per heavy atom. The van der Waals surface area contributed by atoms with Crippen molar-refractivity contribution < 1.29 is 4.79 Å². The largest absolute Gasteiger partial charge is 0.295 e. The lowest BCUT2D eigenvalue weighted by atomic mass is 10.0. The van der Waals surface area contributed by atoms with Crippen LogP contribution >= 0.6 is 0 Å². The van der Waals surface area contributed by atoms with Gasteiger partial charge in [0, 0.05) is 17.8 Å². The summed E-state index contributed by atoms with van der Waals surface area (Å²) in [4.78, 5) is 11.0. The van der Waals surface area contributed by atoms with Crippen LogP contribution in [0.2, 0.25) is 0 Å². The molecule has 82 valence electrons. The highest BCUT2D eigenvalue weighted by Gasteiger charge is 2.11.